The van der Waals surface area contributed by atoms with E-state index in [1.807, 2.05) is 0 Å². The molecule has 2 aliphatic rings. The summed E-state index contributed by atoms with van der Waals surface area (Å²) in [6.45, 7) is -0.265. The van der Waals surface area contributed by atoms with Gasteiger partial charge >= 0.3 is 11.9 Å². The number of anilines is 1. The van der Waals surface area contributed by atoms with Gasteiger partial charge < -0.3 is 20.1 Å². The van der Waals surface area contributed by atoms with Crippen molar-refractivity contribution in [1.82, 2.24) is 4.98 Å². The number of fused-ring (bicyclic) bond motifs is 2. The van der Waals surface area contributed by atoms with E-state index in [0.29, 0.717) is 11.6 Å². The highest BCUT2D eigenvalue weighted by atomic mass is 32.2. The van der Waals surface area contributed by atoms with Crippen molar-refractivity contribution >= 4 is 64.4 Å². The zero-order valence-corrected chi connectivity index (χ0v) is 29.6. The van der Waals surface area contributed by atoms with Crippen molar-refractivity contribution in [2.75, 3.05) is 11.1 Å². The summed E-state index contributed by atoms with van der Waals surface area (Å²) in [5.74, 6) is -3.79. The van der Waals surface area contributed by atoms with Crippen LogP contribution in [0.25, 0.3) is 22.0 Å². The lowest BCUT2D eigenvalue weighted by Crippen LogP contribution is -2.26. The van der Waals surface area contributed by atoms with Gasteiger partial charge in [0.2, 0.25) is 0 Å². The number of benzene rings is 3. The number of pyridine rings is 1. The van der Waals surface area contributed by atoms with Crippen molar-refractivity contribution in [1.29, 1.82) is 0 Å². The van der Waals surface area contributed by atoms with Gasteiger partial charge in [0.15, 0.2) is 15.6 Å². The lowest BCUT2D eigenvalue weighted by molar-refractivity contribution is -0.137. The maximum absolute atomic E-state index is 14.2. The second-order valence-electron chi connectivity index (χ2n) is 12.0. The van der Waals surface area contributed by atoms with Crippen molar-refractivity contribution in [3.8, 4) is 11.1 Å². The van der Waals surface area contributed by atoms with Gasteiger partial charge in [-0.2, -0.15) is 16.8 Å². The first-order valence-corrected chi connectivity index (χ1v) is 20.1. The van der Waals surface area contributed by atoms with Gasteiger partial charge in [-0.15, -0.1) is 0 Å². The zero-order valence-electron chi connectivity index (χ0n) is 27.2. The molecule has 0 fully saturated rings. The van der Waals surface area contributed by atoms with Gasteiger partial charge in [0.05, 0.1) is 22.5 Å². The molecule has 0 amide bonds. The van der Waals surface area contributed by atoms with Crippen molar-refractivity contribution < 1.29 is 58.6 Å². The molecule has 0 bridgehead atoms. The third-order valence-electron chi connectivity index (χ3n) is 8.60. The van der Waals surface area contributed by atoms with Gasteiger partial charge in [-0.05, 0) is 42.5 Å². The summed E-state index contributed by atoms with van der Waals surface area (Å²) in [6, 6.07) is 15.0. The van der Waals surface area contributed by atoms with Crippen LogP contribution in [0.15, 0.2) is 91.9 Å². The number of sulfone groups is 1. The molecule has 0 radical (unpaired) electrons. The zero-order chi connectivity index (χ0) is 38.5. The normalized spacial score (nSPS) is 14.5. The molecule has 0 unspecified atom stereocenters. The highest BCUT2D eigenvalue weighted by Crippen LogP contribution is 2.45. The maximum atomic E-state index is 14.2. The molecule has 4 aromatic rings. The second kappa shape index (κ2) is 13.8. The molecule has 53 heavy (non-hydrogen) atoms. The molecule has 0 atom stereocenters. The number of ketones is 1. The fraction of sp³-hybridized carbons (Fsp3) is 0.176. The Hall–Kier alpha value is -5.47. The summed E-state index contributed by atoms with van der Waals surface area (Å²) < 4.78 is 103. The Kier molecular flexibility index (Phi) is 9.73. The number of hydrogen-bond donors (Lipinski definition) is 5. The molecular weight excluding hydrogens is 757 g/mol. The standard InChI is InChI=1S/C34H28N2O14S3/c37-26(38)11-6-14-51(42,43)19-12-13-22(24(15-19)52(44,45)46)35-23-16-25(53(47,48)49)31-29-27(20-9-4-5-10-21(20)32(39)28(23)29)30(33(40)36-31)34(41)50-17-18-7-2-1-3-8-18/h1-5,7-10,15-16,35H,6,11-14,17H2,(H,36,40)(H,37,38)(H,44,45,46)(H,47,48,49). The van der Waals surface area contributed by atoms with Gasteiger partial charge in [-0.25, -0.2) is 13.2 Å². The van der Waals surface area contributed by atoms with Gasteiger partial charge in [0.25, 0.3) is 25.8 Å². The monoisotopic (exact) mass is 784 g/mol. The van der Waals surface area contributed by atoms with Crippen molar-refractivity contribution in [2.24, 2.45) is 0 Å². The van der Waals surface area contributed by atoms with Gasteiger partial charge in [0, 0.05) is 33.5 Å². The Morgan fingerprint density at radius 2 is 1.51 bits per heavy atom. The Morgan fingerprint density at radius 1 is 0.849 bits per heavy atom. The van der Waals surface area contributed by atoms with Crippen molar-refractivity contribution in [2.45, 2.75) is 37.2 Å². The van der Waals surface area contributed by atoms with Crippen LogP contribution in [0.2, 0.25) is 0 Å². The van der Waals surface area contributed by atoms with Crippen molar-refractivity contribution in [3.63, 3.8) is 0 Å². The molecule has 6 rings (SSSR count). The van der Waals surface area contributed by atoms with E-state index in [-0.39, 0.29) is 52.8 Å². The van der Waals surface area contributed by atoms with E-state index in [1.165, 1.54) is 24.3 Å². The Bertz CT molecular complexity index is 2720. The van der Waals surface area contributed by atoms with Gasteiger partial charge in [0.1, 0.15) is 22.0 Å². The SMILES string of the molecule is O=C(O)CCCS(=O)(=O)C1=CC(S(=O)(=O)O)=C(Nc2cc(S(=O)(=O)O)c3[nH]c(=O)c(C(=O)OCc4ccccc4)c4c3c2C(=O)c2ccccc2-4)CC1. The average Bonchev–Trinajstić information content (AvgIpc) is 3.08. The summed E-state index contributed by atoms with van der Waals surface area (Å²) in [6.07, 6.45) is -0.859. The summed E-state index contributed by atoms with van der Waals surface area (Å²) in [7, 11) is -14.7. The quantitative estimate of drug-likeness (QED) is 0.0889. The largest absolute Gasteiger partial charge is 0.481 e. The second-order valence-corrected chi connectivity index (χ2v) is 17.0. The first-order chi connectivity index (χ1) is 24.9. The van der Waals surface area contributed by atoms with Crippen LogP contribution in [0.1, 0.15) is 57.5 Å². The summed E-state index contributed by atoms with van der Waals surface area (Å²) in [4.78, 5) is 52.3. The number of carbonyl (C=O) groups is 3. The summed E-state index contributed by atoms with van der Waals surface area (Å²) >= 11 is 0. The van der Waals surface area contributed by atoms with Crippen LogP contribution in [0.3, 0.4) is 0 Å². The molecule has 19 heteroatoms. The lowest BCUT2D eigenvalue weighted by atomic mass is 9.81. The van der Waals surface area contributed by atoms with Gasteiger partial charge in [-0.3, -0.25) is 23.5 Å². The summed E-state index contributed by atoms with van der Waals surface area (Å²) in [5.41, 5.74) is -3.12. The van der Waals surface area contributed by atoms with E-state index in [9.17, 15) is 53.5 Å². The van der Waals surface area contributed by atoms with Crippen LogP contribution in [0.4, 0.5) is 5.69 Å². The molecule has 16 nitrogen and oxygen atoms in total. The van der Waals surface area contributed by atoms with E-state index in [4.69, 9.17) is 9.84 Å². The van der Waals surface area contributed by atoms with Crippen LogP contribution in [0, 0.1) is 0 Å². The third kappa shape index (κ3) is 7.29. The van der Waals surface area contributed by atoms with Crippen LogP contribution < -0.4 is 10.9 Å². The minimum absolute atomic E-state index is 0.0439. The first kappa shape index (κ1) is 37.3. The van der Waals surface area contributed by atoms with Crippen LogP contribution >= 0.6 is 0 Å². The molecule has 5 N–H and O–H groups in total. The van der Waals surface area contributed by atoms with Crippen LogP contribution in [0.5, 0.6) is 0 Å². The number of H-pyrrole nitrogens is 1. The molecule has 2 aliphatic carbocycles. The number of esters is 1. The number of carboxylic acid groups (broad SMARTS) is 1. The van der Waals surface area contributed by atoms with E-state index < -0.39 is 103 Å². The smallest absolute Gasteiger partial charge is 0.344 e. The number of carboxylic acids is 1. The maximum Gasteiger partial charge on any atom is 0.344 e. The molecule has 3 aromatic carbocycles. The van der Waals surface area contributed by atoms with E-state index in [2.05, 4.69) is 10.3 Å². The molecule has 0 saturated carbocycles. The number of ether oxygens (including phenoxy) is 1. The topological polar surface area (TPSA) is 268 Å². The number of aromatic nitrogens is 1. The molecule has 1 aromatic heterocycles. The molecule has 276 valence electrons. The fourth-order valence-corrected chi connectivity index (χ4v) is 9.27. The summed E-state index contributed by atoms with van der Waals surface area (Å²) in [5, 5.41) is 11.2. The highest BCUT2D eigenvalue weighted by molar-refractivity contribution is 7.95. The Morgan fingerprint density at radius 3 is 2.15 bits per heavy atom. The number of carbonyl (C=O) groups excluding carboxylic acids is 2. The number of nitrogens with one attached hydrogen (secondary N) is 2. The third-order valence-corrected chi connectivity index (χ3v) is 12.3. The first-order valence-electron chi connectivity index (χ1n) is 15.6. The fourth-order valence-electron chi connectivity index (χ4n) is 6.26. The molecule has 0 aliphatic heterocycles. The van der Waals surface area contributed by atoms with Crippen LogP contribution in [-0.2, 0) is 46.2 Å². The molecule has 0 saturated heterocycles. The number of allylic oxidation sites excluding steroid dienone is 3. The number of hydrogen-bond acceptors (Lipinski definition) is 12. The minimum atomic E-state index is -5.24. The number of aliphatic carboxylic acids is 1. The van der Waals surface area contributed by atoms with Crippen LogP contribution in [-0.4, -0.2) is 67.9 Å². The van der Waals surface area contributed by atoms with E-state index in [0.717, 1.165) is 6.07 Å². The Labute approximate surface area is 301 Å². The van der Waals surface area contributed by atoms with Gasteiger partial charge in [-0.1, -0.05) is 54.6 Å². The molecular formula is C34H28N2O14S3. The predicted molar refractivity (Wildman–Crippen MR) is 189 cm³/mol. The highest BCUT2D eigenvalue weighted by Gasteiger charge is 2.37. The lowest BCUT2D eigenvalue weighted by Gasteiger charge is -2.26. The molecule has 1 heterocycles. The van der Waals surface area contributed by atoms with E-state index in [1.54, 1.807) is 30.3 Å². The minimum Gasteiger partial charge on any atom is -0.481 e. The van der Waals surface area contributed by atoms with Crippen molar-refractivity contribution in [3.05, 3.63) is 115 Å². The average molecular weight is 785 g/mol. The van der Waals surface area contributed by atoms with E-state index >= 15 is 0 Å². The Balaban J connectivity index is 1.59. The molecule has 0 spiro atoms. The number of rotatable bonds is 12. The predicted octanol–water partition coefficient (Wildman–Crippen LogP) is 3.81. The number of aromatic amines is 1.